The molecule has 13 heteroatoms. The van der Waals surface area contributed by atoms with Crippen molar-refractivity contribution in [2.75, 3.05) is 6.61 Å². The van der Waals surface area contributed by atoms with Crippen LogP contribution in [0.15, 0.2) is 54.6 Å². The second kappa shape index (κ2) is 17.4. The van der Waals surface area contributed by atoms with Gasteiger partial charge in [0.1, 0.15) is 23.4 Å². The van der Waals surface area contributed by atoms with Crippen LogP contribution in [0.1, 0.15) is 99.9 Å². The van der Waals surface area contributed by atoms with E-state index in [1.54, 1.807) is 84.0 Å². The van der Waals surface area contributed by atoms with Crippen LogP contribution in [0.4, 0.5) is 0 Å². The summed E-state index contributed by atoms with van der Waals surface area (Å²) < 4.78 is 36.6. The zero-order chi connectivity index (χ0) is 41.8. The molecule has 2 aliphatic carbocycles. The molecule has 13 nitrogen and oxygen atoms in total. The minimum atomic E-state index is -2.22. The lowest BCUT2D eigenvalue weighted by molar-refractivity contribution is -0.199. The molecule has 10 atom stereocenters. The lowest BCUT2D eigenvalue weighted by Gasteiger charge is -2.46. The van der Waals surface area contributed by atoms with E-state index in [-0.39, 0.29) is 23.7 Å². The largest absolute Gasteiger partial charge is 0.459 e. The van der Waals surface area contributed by atoms with Gasteiger partial charge in [-0.3, -0.25) is 19.2 Å². The molecule has 0 heterocycles. The molecule has 1 aromatic carbocycles. The fraction of sp³-hybridized carbons (Fsp3) is 0.643. The number of benzene rings is 1. The molecule has 3 rings (SSSR count). The molecule has 1 saturated carbocycles. The molecule has 0 unspecified atom stereocenters. The summed E-state index contributed by atoms with van der Waals surface area (Å²) in [4.78, 5) is 66.1. The Morgan fingerprint density at radius 2 is 1.36 bits per heavy atom. The fourth-order valence-corrected chi connectivity index (χ4v) is 7.38. The van der Waals surface area contributed by atoms with Crippen molar-refractivity contribution in [3.05, 3.63) is 60.2 Å². The SMILES string of the molecule is C=C1[C@H](OC(C)=O)[C@@H](OC(=O)C(C)(C)C)[C@@H](OC(C)=O)C(C)(C)/C=C/[C@H](C)[C@H](OC(=O)c2ccccc2)[C@@]2(O)C[C@@](C)(O)[C@H](OC(C)=O)[C@@H]2[C@H]1OCC(C)C. The van der Waals surface area contributed by atoms with Crippen LogP contribution in [0.5, 0.6) is 0 Å². The molecule has 0 aromatic heterocycles. The third-order valence-electron chi connectivity index (χ3n) is 9.93. The molecule has 306 valence electrons. The second-order valence-corrected chi connectivity index (χ2v) is 17.2. The van der Waals surface area contributed by atoms with Crippen molar-refractivity contribution in [2.45, 2.75) is 137 Å². The highest BCUT2D eigenvalue weighted by Gasteiger charge is 2.68. The van der Waals surface area contributed by atoms with E-state index >= 15 is 0 Å². The zero-order valence-electron chi connectivity index (χ0n) is 34.2. The van der Waals surface area contributed by atoms with Gasteiger partial charge in [0.05, 0.1) is 23.0 Å². The molecule has 0 saturated heterocycles. The summed E-state index contributed by atoms with van der Waals surface area (Å²) in [5.41, 5.74) is -6.32. The Balaban J connectivity index is 2.53. The molecule has 2 aliphatic rings. The minimum Gasteiger partial charge on any atom is -0.459 e. The average molecular weight is 773 g/mol. The number of carbonyl (C=O) groups is 5. The predicted molar refractivity (Wildman–Crippen MR) is 201 cm³/mol. The van der Waals surface area contributed by atoms with Gasteiger partial charge in [-0.1, -0.05) is 71.5 Å². The maximum atomic E-state index is 13.8. The molecule has 1 fully saturated rings. The van der Waals surface area contributed by atoms with Crippen molar-refractivity contribution in [3.8, 4) is 0 Å². The Kier molecular flexibility index (Phi) is 14.3. The Hall–Kier alpha value is -4.07. The van der Waals surface area contributed by atoms with Gasteiger partial charge in [-0.05, 0) is 51.3 Å². The van der Waals surface area contributed by atoms with Crippen molar-refractivity contribution in [1.82, 2.24) is 0 Å². The van der Waals surface area contributed by atoms with E-state index in [1.807, 2.05) is 13.8 Å². The van der Waals surface area contributed by atoms with Gasteiger partial charge in [0.25, 0.3) is 0 Å². The van der Waals surface area contributed by atoms with Gasteiger partial charge >= 0.3 is 29.8 Å². The van der Waals surface area contributed by atoms with Gasteiger partial charge in [-0.15, -0.1) is 0 Å². The molecular formula is C42H60O13. The highest BCUT2D eigenvalue weighted by Crippen LogP contribution is 2.53. The first-order valence-corrected chi connectivity index (χ1v) is 18.7. The van der Waals surface area contributed by atoms with Crippen LogP contribution >= 0.6 is 0 Å². The molecular weight excluding hydrogens is 712 g/mol. The summed E-state index contributed by atoms with van der Waals surface area (Å²) in [6.45, 7) is 23.0. The predicted octanol–water partition coefficient (Wildman–Crippen LogP) is 5.30. The number of ether oxygens (including phenoxy) is 6. The number of hydrogen-bond acceptors (Lipinski definition) is 13. The van der Waals surface area contributed by atoms with Crippen molar-refractivity contribution in [1.29, 1.82) is 0 Å². The number of esters is 5. The normalized spacial score (nSPS) is 32.9. The van der Waals surface area contributed by atoms with E-state index < -0.39 is 107 Å². The van der Waals surface area contributed by atoms with Crippen molar-refractivity contribution >= 4 is 29.8 Å². The lowest BCUT2D eigenvalue weighted by Crippen LogP contribution is -2.60. The van der Waals surface area contributed by atoms with Crippen LogP contribution in [0, 0.1) is 28.6 Å². The Morgan fingerprint density at radius 1 is 0.818 bits per heavy atom. The van der Waals surface area contributed by atoms with Crippen molar-refractivity contribution in [3.63, 3.8) is 0 Å². The summed E-state index contributed by atoms with van der Waals surface area (Å²) >= 11 is 0. The molecule has 0 radical (unpaired) electrons. The van der Waals surface area contributed by atoms with Crippen LogP contribution in [-0.4, -0.2) is 94.5 Å². The van der Waals surface area contributed by atoms with E-state index in [0.29, 0.717) is 0 Å². The van der Waals surface area contributed by atoms with E-state index in [1.165, 1.54) is 13.8 Å². The maximum Gasteiger partial charge on any atom is 0.338 e. The monoisotopic (exact) mass is 772 g/mol. The number of rotatable bonds is 9. The Bertz CT molecular complexity index is 1600. The summed E-state index contributed by atoms with van der Waals surface area (Å²) in [7, 11) is 0. The number of fused-ring (bicyclic) bond motifs is 1. The van der Waals surface area contributed by atoms with Crippen molar-refractivity contribution < 1.29 is 62.6 Å². The van der Waals surface area contributed by atoms with E-state index in [2.05, 4.69) is 6.58 Å². The quantitative estimate of drug-likeness (QED) is 0.188. The topological polar surface area (TPSA) is 181 Å². The number of hydrogen-bond donors (Lipinski definition) is 2. The molecule has 0 amide bonds. The van der Waals surface area contributed by atoms with Gasteiger partial charge in [-0.25, -0.2) is 4.79 Å². The summed E-state index contributed by atoms with van der Waals surface area (Å²) in [5.74, 6) is -6.23. The van der Waals surface area contributed by atoms with E-state index in [9.17, 15) is 34.2 Å². The van der Waals surface area contributed by atoms with Gasteiger partial charge in [0, 0.05) is 45.1 Å². The second-order valence-electron chi connectivity index (χ2n) is 17.2. The molecule has 0 bridgehead atoms. The zero-order valence-corrected chi connectivity index (χ0v) is 34.2. The lowest BCUT2D eigenvalue weighted by atomic mass is 9.71. The summed E-state index contributed by atoms with van der Waals surface area (Å²) in [6.07, 6.45) is -6.00. The van der Waals surface area contributed by atoms with Crippen LogP contribution in [0.25, 0.3) is 0 Å². The van der Waals surface area contributed by atoms with Gasteiger partial charge < -0.3 is 38.6 Å². The highest BCUT2D eigenvalue weighted by atomic mass is 16.6. The molecule has 0 aliphatic heterocycles. The first-order chi connectivity index (χ1) is 25.2. The Labute approximate surface area is 324 Å². The standard InChI is InChI=1S/C42H60O13/c1-23(2)21-50-31-25(4)32(51-26(5)43)33(54-38(47)39(8,9)10)36(53-28(7)45)40(11,12)20-19-24(3)34(55-37(46)29-17-15-14-16-18-29)42(49)22-41(13,48)35(30(31)42)52-27(6)44/h14-20,23-24,30-36,48-49H,4,21-22H2,1-3,5-13H3/b20-19+/t24-,30-,31-,32-,33+,34-,35+,36+,41+,42+/m0/s1. The van der Waals surface area contributed by atoms with E-state index in [4.69, 9.17) is 28.4 Å². The highest BCUT2D eigenvalue weighted by molar-refractivity contribution is 5.89. The van der Waals surface area contributed by atoms with Gasteiger partial charge in [0.2, 0.25) is 0 Å². The summed E-state index contributed by atoms with van der Waals surface area (Å²) in [6, 6.07) is 8.15. The average Bonchev–Trinajstić information content (AvgIpc) is 3.25. The van der Waals surface area contributed by atoms with Gasteiger partial charge in [-0.2, -0.15) is 0 Å². The third-order valence-corrected chi connectivity index (χ3v) is 9.93. The first-order valence-electron chi connectivity index (χ1n) is 18.7. The van der Waals surface area contributed by atoms with Gasteiger partial charge in [0.15, 0.2) is 18.3 Å². The number of aliphatic hydroxyl groups is 2. The van der Waals surface area contributed by atoms with Crippen LogP contribution in [0.3, 0.4) is 0 Å². The fourth-order valence-electron chi connectivity index (χ4n) is 7.38. The minimum absolute atomic E-state index is 0.0211. The maximum absolute atomic E-state index is 13.8. The summed E-state index contributed by atoms with van der Waals surface area (Å²) in [5, 5.41) is 25.3. The van der Waals surface area contributed by atoms with Crippen molar-refractivity contribution in [2.24, 2.45) is 28.6 Å². The third kappa shape index (κ3) is 10.8. The van der Waals surface area contributed by atoms with Crippen LogP contribution in [-0.2, 0) is 47.6 Å². The molecule has 2 N–H and O–H groups in total. The van der Waals surface area contributed by atoms with E-state index in [0.717, 1.165) is 13.8 Å². The molecule has 55 heavy (non-hydrogen) atoms. The Morgan fingerprint density at radius 3 is 1.87 bits per heavy atom. The first kappa shape index (κ1) is 45.3. The van der Waals surface area contributed by atoms with Crippen LogP contribution < -0.4 is 0 Å². The number of carbonyl (C=O) groups excluding carboxylic acids is 5. The molecule has 1 aromatic rings. The van der Waals surface area contributed by atoms with Crippen LogP contribution in [0.2, 0.25) is 0 Å². The molecule has 0 spiro atoms. The smallest absolute Gasteiger partial charge is 0.338 e.